The second-order valence-electron chi connectivity index (χ2n) is 6.87. The SMILES string of the molecule is COc1cc(/C=C(/C#N)c2nc3ccc(F)cc3[nH]2)cc(Cl)c1OCc1ccc(F)cc1. The number of imidazole rings is 1. The number of allylic oxidation sites excluding steroid dienone is 1. The lowest BCUT2D eigenvalue weighted by Crippen LogP contribution is -1.99. The number of nitrogens with one attached hydrogen (secondary N) is 1. The Morgan fingerprint density at radius 1 is 1.12 bits per heavy atom. The molecule has 160 valence electrons. The maximum absolute atomic E-state index is 13.4. The first kappa shape index (κ1) is 21.3. The van der Waals surface area contributed by atoms with Gasteiger partial charge in [0.15, 0.2) is 11.5 Å². The van der Waals surface area contributed by atoms with Gasteiger partial charge in [-0.3, -0.25) is 0 Å². The Kier molecular flexibility index (Phi) is 6.06. The number of nitriles is 1. The van der Waals surface area contributed by atoms with Crippen molar-refractivity contribution in [3.05, 3.63) is 88.2 Å². The fourth-order valence-corrected chi connectivity index (χ4v) is 3.40. The van der Waals surface area contributed by atoms with Crippen LogP contribution in [0.3, 0.4) is 0 Å². The summed E-state index contributed by atoms with van der Waals surface area (Å²) < 4.78 is 37.7. The largest absolute Gasteiger partial charge is 0.493 e. The first-order chi connectivity index (χ1) is 15.5. The topological polar surface area (TPSA) is 70.9 Å². The lowest BCUT2D eigenvalue weighted by Gasteiger charge is -2.13. The molecule has 0 bridgehead atoms. The van der Waals surface area contributed by atoms with E-state index in [1.807, 2.05) is 0 Å². The number of hydrogen-bond donors (Lipinski definition) is 1. The van der Waals surface area contributed by atoms with Gasteiger partial charge in [0.2, 0.25) is 0 Å². The Labute approximate surface area is 187 Å². The molecule has 1 N–H and O–H groups in total. The maximum atomic E-state index is 13.4. The molecule has 0 saturated heterocycles. The molecule has 0 spiro atoms. The van der Waals surface area contributed by atoms with Crippen LogP contribution in [0.25, 0.3) is 22.7 Å². The molecule has 4 rings (SSSR count). The molecule has 4 aromatic rings. The predicted molar refractivity (Wildman–Crippen MR) is 118 cm³/mol. The monoisotopic (exact) mass is 451 g/mol. The van der Waals surface area contributed by atoms with Crippen LogP contribution >= 0.6 is 11.6 Å². The quantitative estimate of drug-likeness (QED) is 0.357. The van der Waals surface area contributed by atoms with Crippen LogP contribution in [-0.2, 0) is 6.61 Å². The zero-order chi connectivity index (χ0) is 22.7. The van der Waals surface area contributed by atoms with Crippen molar-refractivity contribution in [1.82, 2.24) is 9.97 Å². The van der Waals surface area contributed by atoms with E-state index in [0.717, 1.165) is 5.56 Å². The van der Waals surface area contributed by atoms with Crippen molar-refractivity contribution >= 4 is 34.3 Å². The fraction of sp³-hybridized carbons (Fsp3) is 0.0833. The van der Waals surface area contributed by atoms with Crippen molar-refractivity contribution in [2.24, 2.45) is 0 Å². The minimum atomic E-state index is -0.400. The molecule has 0 radical (unpaired) electrons. The van der Waals surface area contributed by atoms with Crippen LogP contribution < -0.4 is 9.47 Å². The number of nitrogens with zero attached hydrogens (tertiary/aromatic N) is 2. The third kappa shape index (κ3) is 4.56. The van der Waals surface area contributed by atoms with Gasteiger partial charge in [-0.05, 0) is 59.7 Å². The minimum absolute atomic E-state index is 0.171. The van der Waals surface area contributed by atoms with E-state index in [2.05, 4.69) is 16.0 Å². The van der Waals surface area contributed by atoms with Gasteiger partial charge >= 0.3 is 0 Å². The molecule has 0 aliphatic carbocycles. The van der Waals surface area contributed by atoms with Crippen molar-refractivity contribution in [3.8, 4) is 17.6 Å². The van der Waals surface area contributed by atoms with Gasteiger partial charge in [-0.1, -0.05) is 23.7 Å². The highest BCUT2D eigenvalue weighted by Gasteiger charge is 2.14. The van der Waals surface area contributed by atoms with Crippen LogP contribution in [0.1, 0.15) is 17.0 Å². The van der Waals surface area contributed by atoms with E-state index >= 15 is 0 Å². The molecule has 0 unspecified atom stereocenters. The molecular weight excluding hydrogens is 436 g/mol. The van der Waals surface area contributed by atoms with Crippen molar-refractivity contribution in [2.75, 3.05) is 7.11 Å². The smallest absolute Gasteiger partial charge is 0.180 e. The number of rotatable bonds is 6. The van der Waals surface area contributed by atoms with E-state index < -0.39 is 5.82 Å². The molecule has 0 aliphatic heterocycles. The number of aromatic amines is 1. The summed E-state index contributed by atoms with van der Waals surface area (Å²) in [6, 6.07) is 15.5. The third-order valence-corrected chi connectivity index (χ3v) is 4.96. The molecule has 1 heterocycles. The molecule has 5 nitrogen and oxygen atoms in total. The highest BCUT2D eigenvalue weighted by atomic mass is 35.5. The Bertz CT molecular complexity index is 1360. The van der Waals surface area contributed by atoms with Crippen molar-refractivity contribution in [2.45, 2.75) is 6.61 Å². The van der Waals surface area contributed by atoms with Gasteiger partial charge in [-0.2, -0.15) is 5.26 Å². The zero-order valence-electron chi connectivity index (χ0n) is 16.8. The van der Waals surface area contributed by atoms with Crippen LogP contribution in [0.4, 0.5) is 8.78 Å². The first-order valence-electron chi connectivity index (χ1n) is 9.49. The van der Waals surface area contributed by atoms with Crippen LogP contribution in [0.2, 0.25) is 5.02 Å². The highest BCUT2D eigenvalue weighted by molar-refractivity contribution is 6.32. The molecule has 0 aliphatic rings. The molecule has 0 fully saturated rings. The van der Waals surface area contributed by atoms with Crippen LogP contribution in [-0.4, -0.2) is 17.1 Å². The maximum Gasteiger partial charge on any atom is 0.180 e. The second-order valence-corrected chi connectivity index (χ2v) is 7.27. The number of aromatic nitrogens is 2. The van der Waals surface area contributed by atoms with Gasteiger partial charge in [-0.15, -0.1) is 0 Å². The standard InChI is InChI=1S/C24H16ClF2N3O2/c1-31-22-10-15(9-19(25)23(22)32-13-14-2-4-17(26)5-3-14)8-16(12-28)24-29-20-7-6-18(27)11-21(20)30-24/h2-11H,13H2,1H3,(H,29,30)/b16-8-. The third-order valence-electron chi connectivity index (χ3n) is 4.68. The molecule has 0 amide bonds. The van der Waals surface area contributed by atoms with Gasteiger partial charge in [0, 0.05) is 0 Å². The number of hydrogen-bond acceptors (Lipinski definition) is 4. The number of halogens is 3. The Morgan fingerprint density at radius 3 is 2.59 bits per heavy atom. The van der Waals surface area contributed by atoms with Gasteiger partial charge < -0.3 is 14.5 Å². The van der Waals surface area contributed by atoms with E-state index in [-0.39, 0.29) is 23.0 Å². The molecule has 32 heavy (non-hydrogen) atoms. The summed E-state index contributed by atoms with van der Waals surface area (Å²) >= 11 is 6.42. The number of H-pyrrole nitrogens is 1. The number of ether oxygens (including phenoxy) is 2. The minimum Gasteiger partial charge on any atom is -0.493 e. The lowest BCUT2D eigenvalue weighted by molar-refractivity contribution is 0.284. The van der Waals surface area contributed by atoms with Crippen molar-refractivity contribution in [3.63, 3.8) is 0 Å². The van der Waals surface area contributed by atoms with E-state index in [0.29, 0.717) is 33.9 Å². The Morgan fingerprint density at radius 2 is 1.88 bits per heavy atom. The molecule has 0 atom stereocenters. The first-order valence-corrected chi connectivity index (χ1v) is 9.87. The Balaban J connectivity index is 1.63. The average molecular weight is 452 g/mol. The summed E-state index contributed by atoms with van der Waals surface area (Å²) in [6.45, 7) is 0.171. The zero-order valence-corrected chi connectivity index (χ0v) is 17.6. The molecule has 8 heteroatoms. The summed E-state index contributed by atoms with van der Waals surface area (Å²) in [7, 11) is 1.48. The van der Waals surface area contributed by atoms with E-state index in [9.17, 15) is 14.0 Å². The van der Waals surface area contributed by atoms with E-state index in [1.54, 1.807) is 30.3 Å². The predicted octanol–water partition coefficient (Wildman–Crippen LogP) is 6.15. The lowest BCUT2D eigenvalue weighted by atomic mass is 10.1. The van der Waals surface area contributed by atoms with Crippen molar-refractivity contribution < 1.29 is 18.3 Å². The normalized spacial score (nSPS) is 11.4. The Hall–Kier alpha value is -3.89. The molecule has 0 saturated carbocycles. The summed E-state index contributed by atoms with van der Waals surface area (Å²) in [5.41, 5.74) is 2.62. The highest BCUT2D eigenvalue weighted by Crippen LogP contribution is 2.38. The van der Waals surface area contributed by atoms with Gasteiger partial charge in [0.05, 0.1) is 28.7 Å². The number of benzene rings is 3. The van der Waals surface area contributed by atoms with Crippen molar-refractivity contribution in [1.29, 1.82) is 5.26 Å². The number of fused-ring (bicyclic) bond motifs is 1. The number of methoxy groups -OCH3 is 1. The van der Waals surface area contributed by atoms with Crippen LogP contribution in [0.15, 0.2) is 54.6 Å². The fourth-order valence-electron chi connectivity index (χ4n) is 3.13. The van der Waals surface area contributed by atoms with Crippen LogP contribution in [0.5, 0.6) is 11.5 Å². The van der Waals surface area contributed by atoms with Gasteiger partial charge in [-0.25, -0.2) is 13.8 Å². The molecular formula is C24H16ClF2N3O2. The van der Waals surface area contributed by atoms with Crippen LogP contribution in [0, 0.1) is 23.0 Å². The van der Waals surface area contributed by atoms with Gasteiger partial charge in [0.1, 0.15) is 30.1 Å². The van der Waals surface area contributed by atoms with E-state index in [4.69, 9.17) is 21.1 Å². The van der Waals surface area contributed by atoms with Gasteiger partial charge in [0.25, 0.3) is 0 Å². The summed E-state index contributed by atoms with van der Waals surface area (Å²) in [5.74, 6) is 0.273. The molecule has 3 aromatic carbocycles. The van der Waals surface area contributed by atoms with E-state index in [1.165, 1.54) is 37.4 Å². The summed E-state index contributed by atoms with van der Waals surface area (Å²) in [5, 5.41) is 9.91. The average Bonchev–Trinajstić information content (AvgIpc) is 3.20. The second kappa shape index (κ2) is 9.08. The molecule has 1 aromatic heterocycles. The summed E-state index contributed by atoms with van der Waals surface area (Å²) in [4.78, 5) is 7.29. The summed E-state index contributed by atoms with van der Waals surface area (Å²) in [6.07, 6.45) is 1.59.